The molecule has 0 bridgehead atoms. The third-order valence-corrected chi connectivity index (χ3v) is 4.06. The maximum Gasteiger partial charge on any atom is 0.149 e. The monoisotopic (exact) mass is 287 g/mol. The van der Waals surface area contributed by atoms with E-state index >= 15 is 0 Å². The Bertz CT molecular complexity index is 669. The smallest absolute Gasteiger partial charge is 0.149 e. The highest BCUT2D eigenvalue weighted by Gasteiger charge is 2.26. The minimum Gasteiger partial charge on any atom is -0.375 e. The summed E-state index contributed by atoms with van der Waals surface area (Å²) in [5, 5.41) is 3.16. The first-order valence-corrected chi connectivity index (χ1v) is 7.19. The summed E-state index contributed by atoms with van der Waals surface area (Å²) >= 11 is 0. The molecule has 1 atom stereocenters. The molecular formula is C18H19F2N. The van der Waals surface area contributed by atoms with Crippen LogP contribution in [-0.4, -0.2) is 0 Å². The number of nitrogens with one attached hydrogen (secondary N) is 1. The largest absolute Gasteiger partial charge is 0.375 e. The molecule has 1 N–H and O–H groups in total. The van der Waals surface area contributed by atoms with Gasteiger partial charge in [-0.2, -0.15) is 0 Å². The van der Waals surface area contributed by atoms with Crippen LogP contribution >= 0.6 is 0 Å². The van der Waals surface area contributed by atoms with Gasteiger partial charge in [-0.15, -0.1) is 0 Å². The molecule has 1 heterocycles. The van der Waals surface area contributed by atoms with Crippen LogP contribution in [0.4, 0.5) is 14.5 Å². The van der Waals surface area contributed by atoms with Gasteiger partial charge in [0, 0.05) is 6.07 Å². The molecule has 0 fully saturated rings. The fourth-order valence-corrected chi connectivity index (χ4v) is 2.81. The van der Waals surface area contributed by atoms with Gasteiger partial charge < -0.3 is 5.32 Å². The highest BCUT2D eigenvalue weighted by atomic mass is 19.1. The molecule has 110 valence electrons. The van der Waals surface area contributed by atoms with Crippen LogP contribution in [0.5, 0.6) is 0 Å². The lowest BCUT2D eigenvalue weighted by Crippen LogP contribution is -2.12. The predicted molar refractivity (Wildman–Crippen MR) is 81.6 cm³/mol. The van der Waals surface area contributed by atoms with E-state index in [-0.39, 0.29) is 11.5 Å². The second-order valence-corrected chi connectivity index (χ2v) is 6.69. The van der Waals surface area contributed by atoms with Crippen LogP contribution in [0.15, 0.2) is 36.4 Å². The van der Waals surface area contributed by atoms with E-state index in [0.29, 0.717) is 17.7 Å². The van der Waals surface area contributed by atoms with Crippen LogP contribution in [0.25, 0.3) is 0 Å². The maximum atomic E-state index is 13.8. The Kier molecular flexibility index (Phi) is 3.23. The van der Waals surface area contributed by atoms with E-state index in [4.69, 9.17) is 0 Å². The van der Waals surface area contributed by atoms with E-state index in [1.54, 1.807) is 0 Å². The molecule has 1 nitrogen and oxygen atoms in total. The molecule has 2 aromatic rings. The lowest BCUT2D eigenvalue weighted by molar-refractivity contribution is 0.585. The molecule has 1 unspecified atom stereocenters. The van der Waals surface area contributed by atoms with Gasteiger partial charge in [0.2, 0.25) is 0 Å². The van der Waals surface area contributed by atoms with Gasteiger partial charge in [0.1, 0.15) is 11.6 Å². The second kappa shape index (κ2) is 4.83. The molecule has 1 aliphatic heterocycles. The number of halogens is 2. The molecule has 0 saturated heterocycles. The van der Waals surface area contributed by atoms with Crippen molar-refractivity contribution >= 4 is 5.69 Å². The van der Waals surface area contributed by atoms with Gasteiger partial charge in [0.15, 0.2) is 0 Å². The van der Waals surface area contributed by atoms with Crippen molar-refractivity contribution in [2.45, 2.75) is 38.6 Å². The minimum absolute atomic E-state index is 0.00492. The summed E-state index contributed by atoms with van der Waals surface area (Å²) in [4.78, 5) is 0. The Morgan fingerprint density at radius 1 is 1.05 bits per heavy atom. The third kappa shape index (κ3) is 2.65. The lowest BCUT2D eigenvalue weighted by atomic mass is 9.86. The van der Waals surface area contributed by atoms with Crippen molar-refractivity contribution in [1.82, 2.24) is 0 Å². The molecule has 21 heavy (non-hydrogen) atoms. The summed E-state index contributed by atoms with van der Waals surface area (Å²) in [6.07, 6.45) is 0.610. The fourth-order valence-electron chi connectivity index (χ4n) is 2.81. The van der Waals surface area contributed by atoms with Crippen molar-refractivity contribution in [3.05, 3.63) is 64.7 Å². The summed E-state index contributed by atoms with van der Waals surface area (Å²) in [6, 6.07) is 10.7. The normalized spacial score (nSPS) is 17.5. The Morgan fingerprint density at radius 2 is 1.71 bits per heavy atom. The molecule has 0 aliphatic carbocycles. The first-order chi connectivity index (χ1) is 9.84. The van der Waals surface area contributed by atoms with Gasteiger partial charge in [0.05, 0.1) is 11.7 Å². The number of fused-ring (bicyclic) bond motifs is 1. The van der Waals surface area contributed by atoms with Crippen molar-refractivity contribution in [3.8, 4) is 0 Å². The van der Waals surface area contributed by atoms with E-state index in [2.05, 4.69) is 50.4 Å². The van der Waals surface area contributed by atoms with Crippen LogP contribution in [0.1, 0.15) is 43.5 Å². The SMILES string of the molecule is CC(C)(C)c1ccc(C2Cc3cc(F)cc(F)c3N2)cc1. The van der Waals surface area contributed by atoms with Gasteiger partial charge in [-0.1, -0.05) is 45.0 Å². The fraction of sp³-hybridized carbons (Fsp3) is 0.333. The van der Waals surface area contributed by atoms with Crippen molar-refractivity contribution in [2.75, 3.05) is 5.32 Å². The first kappa shape index (κ1) is 14.1. The van der Waals surface area contributed by atoms with Crippen molar-refractivity contribution in [1.29, 1.82) is 0 Å². The predicted octanol–water partition coefficient (Wildman–Crippen LogP) is 4.97. The first-order valence-electron chi connectivity index (χ1n) is 7.19. The summed E-state index contributed by atoms with van der Waals surface area (Å²) in [6.45, 7) is 6.51. The summed E-state index contributed by atoms with van der Waals surface area (Å²) in [7, 11) is 0. The van der Waals surface area contributed by atoms with Crippen molar-refractivity contribution in [2.24, 2.45) is 0 Å². The third-order valence-electron chi connectivity index (χ3n) is 4.06. The van der Waals surface area contributed by atoms with Gasteiger partial charge in [-0.05, 0) is 34.6 Å². The molecule has 0 spiro atoms. The minimum atomic E-state index is -0.517. The number of benzene rings is 2. The van der Waals surface area contributed by atoms with E-state index in [9.17, 15) is 8.78 Å². The van der Waals surface area contributed by atoms with Crippen molar-refractivity contribution in [3.63, 3.8) is 0 Å². The molecule has 1 aliphatic rings. The molecular weight excluding hydrogens is 268 g/mol. The highest BCUT2D eigenvalue weighted by Crippen LogP contribution is 2.37. The van der Waals surface area contributed by atoms with Gasteiger partial charge in [-0.25, -0.2) is 8.78 Å². The zero-order chi connectivity index (χ0) is 15.2. The summed E-state index contributed by atoms with van der Waals surface area (Å²) in [5.41, 5.74) is 3.61. The lowest BCUT2D eigenvalue weighted by Gasteiger charge is -2.20. The zero-order valence-electron chi connectivity index (χ0n) is 12.5. The highest BCUT2D eigenvalue weighted by molar-refractivity contribution is 5.59. The number of anilines is 1. The molecule has 0 amide bonds. The average Bonchev–Trinajstić information content (AvgIpc) is 2.82. The summed E-state index contributed by atoms with van der Waals surface area (Å²) < 4.78 is 27.0. The number of hydrogen-bond donors (Lipinski definition) is 1. The van der Waals surface area contributed by atoms with E-state index in [1.165, 1.54) is 11.6 Å². The quantitative estimate of drug-likeness (QED) is 0.780. The van der Waals surface area contributed by atoms with Gasteiger partial charge in [0.25, 0.3) is 0 Å². The van der Waals surface area contributed by atoms with Gasteiger partial charge in [-0.3, -0.25) is 0 Å². The topological polar surface area (TPSA) is 12.0 Å². The maximum absolute atomic E-state index is 13.8. The van der Waals surface area contributed by atoms with Gasteiger partial charge >= 0.3 is 0 Å². The molecule has 0 aromatic heterocycles. The van der Waals surface area contributed by atoms with Crippen LogP contribution < -0.4 is 5.32 Å². The van der Waals surface area contributed by atoms with Crippen LogP contribution in [0, 0.1) is 11.6 Å². The van der Waals surface area contributed by atoms with Crippen molar-refractivity contribution < 1.29 is 8.78 Å². The van der Waals surface area contributed by atoms with Crippen LogP contribution in [0.2, 0.25) is 0 Å². The Hall–Kier alpha value is -1.90. The Labute approximate surface area is 124 Å². The summed E-state index contributed by atoms with van der Waals surface area (Å²) in [5.74, 6) is -1.03. The van der Waals surface area contributed by atoms with Crippen LogP contribution in [-0.2, 0) is 11.8 Å². The van der Waals surface area contributed by atoms with Crippen LogP contribution in [0.3, 0.4) is 0 Å². The molecule has 3 heteroatoms. The molecule has 2 aromatic carbocycles. The molecule has 3 rings (SSSR count). The van der Waals surface area contributed by atoms with E-state index in [0.717, 1.165) is 11.6 Å². The van der Waals surface area contributed by atoms with E-state index in [1.807, 2.05) is 0 Å². The zero-order valence-corrected chi connectivity index (χ0v) is 12.5. The Morgan fingerprint density at radius 3 is 2.33 bits per heavy atom. The standard InChI is InChI=1S/C18H19F2N/c1-18(2,3)13-6-4-11(5-7-13)16-9-12-8-14(19)10-15(20)17(12)21-16/h4-8,10,16,21H,9H2,1-3H3. The Balaban J connectivity index is 1.86. The number of rotatable bonds is 1. The van der Waals surface area contributed by atoms with E-state index < -0.39 is 11.6 Å². The second-order valence-electron chi connectivity index (χ2n) is 6.69. The molecule has 0 saturated carbocycles. The average molecular weight is 287 g/mol. The molecule has 0 radical (unpaired) electrons. The number of hydrogen-bond acceptors (Lipinski definition) is 1.